The molecule has 1 aliphatic rings. The maximum absolute atomic E-state index is 11.9. The van der Waals surface area contributed by atoms with Crippen molar-refractivity contribution in [2.24, 2.45) is 0 Å². The minimum absolute atomic E-state index is 0.201. The van der Waals surface area contributed by atoms with Gasteiger partial charge in [0.25, 0.3) is 5.91 Å². The Kier molecular flexibility index (Phi) is 4.45. The first-order valence-electron chi connectivity index (χ1n) is 6.50. The second kappa shape index (κ2) is 6.67. The Hall–Kier alpha value is -2.58. The molecule has 0 radical (unpaired) electrons. The lowest BCUT2D eigenvalue weighted by atomic mass is 10.3. The van der Waals surface area contributed by atoms with Gasteiger partial charge in [0.05, 0.1) is 5.56 Å². The molecule has 118 valence electrons. The number of carbonyl (C=O) groups is 1. The second-order valence-electron chi connectivity index (χ2n) is 4.47. The molecule has 0 atom stereocenters. The molecule has 0 spiro atoms. The number of aromatic nitrogens is 1. The van der Waals surface area contributed by atoms with Gasteiger partial charge in [0.1, 0.15) is 5.15 Å². The number of hydrazine groups is 1. The smallest absolute Gasteiger partial charge is 0.271 e. The fourth-order valence-corrected chi connectivity index (χ4v) is 2.11. The molecule has 7 nitrogen and oxygen atoms in total. The molecule has 23 heavy (non-hydrogen) atoms. The zero-order valence-electron chi connectivity index (χ0n) is 11.6. The molecular formula is C14H11ClN4O3S. The monoisotopic (exact) mass is 350 g/mol. The molecule has 1 aromatic heterocycles. The predicted molar refractivity (Wildman–Crippen MR) is 88.6 cm³/mol. The molecule has 0 saturated heterocycles. The number of benzene rings is 1. The molecule has 3 N–H and O–H groups in total. The number of amides is 1. The van der Waals surface area contributed by atoms with Crippen LogP contribution in [0.1, 0.15) is 10.4 Å². The van der Waals surface area contributed by atoms with Gasteiger partial charge >= 0.3 is 0 Å². The molecule has 9 heteroatoms. The SMILES string of the molecule is O=C(NNC(=S)Nc1ccc2c(c1)OCO2)c1ccc(Cl)nc1. The van der Waals surface area contributed by atoms with Gasteiger partial charge in [0, 0.05) is 18.0 Å². The summed E-state index contributed by atoms with van der Waals surface area (Å²) in [7, 11) is 0. The molecule has 2 heterocycles. The number of ether oxygens (including phenoxy) is 2. The molecule has 1 aliphatic heterocycles. The van der Waals surface area contributed by atoms with Crippen LogP contribution in [0.2, 0.25) is 5.15 Å². The summed E-state index contributed by atoms with van der Waals surface area (Å²) in [6.45, 7) is 0.201. The van der Waals surface area contributed by atoms with Gasteiger partial charge in [-0.25, -0.2) is 4.98 Å². The van der Waals surface area contributed by atoms with E-state index in [1.165, 1.54) is 12.3 Å². The number of nitrogens with zero attached hydrogens (tertiary/aromatic N) is 1. The number of fused-ring (bicyclic) bond motifs is 1. The van der Waals surface area contributed by atoms with E-state index in [-0.39, 0.29) is 17.8 Å². The van der Waals surface area contributed by atoms with Crippen LogP contribution in [-0.4, -0.2) is 22.8 Å². The van der Waals surface area contributed by atoms with E-state index in [0.717, 1.165) is 0 Å². The van der Waals surface area contributed by atoms with Gasteiger partial charge in [-0.2, -0.15) is 0 Å². The van der Waals surface area contributed by atoms with Crippen LogP contribution in [-0.2, 0) is 0 Å². The summed E-state index contributed by atoms with van der Waals surface area (Å²) in [5.41, 5.74) is 6.12. The standard InChI is InChI=1S/C14H11ClN4O3S/c15-12-4-1-8(6-16-12)13(20)18-19-14(23)17-9-2-3-10-11(5-9)22-7-21-10/h1-6H,7H2,(H,18,20)(H2,17,19,23). The van der Waals surface area contributed by atoms with E-state index in [1.54, 1.807) is 24.3 Å². The van der Waals surface area contributed by atoms with Crippen molar-refractivity contribution < 1.29 is 14.3 Å². The predicted octanol–water partition coefficient (Wildman–Crippen LogP) is 2.10. The summed E-state index contributed by atoms with van der Waals surface area (Å²) in [6.07, 6.45) is 1.37. The number of hydrogen-bond donors (Lipinski definition) is 3. The first kappa shape index (κ1) is 15.3. The minimum atomic E-state index is -0.385. The third-order valence-corrected chi connectivity index (χ3v) is 3.34. The number of hydrogen-bond acceptors (Lipinski definition) is 5. The average molecular weight is 351 g/mol. The molecular weight excluding hydrogens is 340 g/mol. The maximum Gasteiger partial charge on any atom is 0.271 e. The normalized spacial score (nSPS) is 11.7. The summed E-state index contributed by atoms with van der Waals surface area (Å²) in [6, 6.07) is 8.39. The zero-order valence-corrected chi connectivity index (χ0v) is 13.2. The van der Waals surface area contributed by atoms with Crippen molar-refractivity contribution in [1.29, 1.82) is 0 Å². The quantitative estimate of drug-likeness (QED) is 0.434. The molecule has 0 saturated carbocycles. The van der Waals surface area contributed by atoms with Crippen molar-refractivity contribution >= 4 is 40.5 Å². The number of nitrogens with one attached hydrogen (secondary N) is 3. The first-order valence-corrected chi connectivity index (χ1v) is 7.29. The van der Waals surface area contributed by atoms with Crippen molar-refractivity contribution in [2.75, 3.05) is 12.1 Å². The lowest BCUT2D eigenvalue weighted by Gasteiger charge is -2.11. The molecule has 1 aromatic carbocycles. The molecule has 0 bridgehead atoms. The van der Waals surface area contributed by atoms with Gasteiger partial charge in [-0.1, -0.05) is 11.6 Å². The third kappa shape index (κ3) is 3.79. The van der Waals surface area contributed by atoms with Gasteiger partial charge in [0.2, 0.25) is 6.79 Å². The molecule has 3 rings (SSSR count). The Morgan fingerprint density at radius 3 is 2.78 bits per heavy atom. The molecule has 2 aromatic rings. The number of anilines is 1. The van der Waals surface area contributed by atoms with Crippen molar-refractivity contribution in [2.45, 2.75) is 0 Å². The highest BCUT2D eigenvalue weighted by Gasteiger charge is 2.13. The minimum Gasteiger partial charge on any atom is -0.454 e. The highest BCUT2D eigenvalue weighted by molar-refractivity contribution is 7.80. The number of pyridine rings is 1. The third-order valence-electron chi connectivity index (χ3n) is 2.91. The van der Waals surface area contributed by atoms with Gasteiger partial charge in [-0.05, 0) is 36.5 Å². The van der Waals surface area contributed by atoms with Crippen LogP contribution in [0, 0.1) is 0 Å². The largest absolute Gasteiger partial charge is 0.454 e. The van der Waals surface area contributed by atoms with Crippen LogP contribution < -0.4 is 25.6 Å². The Labute approximate surface area is 141 Å². The summed E-state index contributed by atoms with van der Waals surface area (Å²) >= 11 is 10.8. The van der Waals surface area contributed by atoms with E-state index < -0.39 is 0 Å². The van der Waals surface area contributed by atoms with Gasteiger partial charge < -0.3 is 14.8 Å². The first-order chi connectivity index (χ1) is 11.1. The van der Waals surface area contributed by atoms with E-state index in [1.807, 2.05) is 0 Å². The summed E-state index contributed by atoms with van der Waals surface area (Å²) in [5.74, 6) is 0.927. The lowest BCUT2D eigenvalue weighted by Crippen LogP contribution is -2.43. The maximum atomic E-state index is 11.9. The van der Waals surface area contributed by atoms with Crippen LogP contribution >= 0.6 is 23.8 Å². The van der Waals surface area contributed by atoms with Crippen molar-refractivity contribution in [1.82, 2.24) is 15.8 Å². The van der Waals surface area contributed by atoms with Gasteiger partial charge in [0.15, 0.2) is 16.6 Å². The summed E-state index contributed by atoms with van der Waals surface area (Å²) < 4.78 is 10.5. The average Bonchev–Trinajstić information content (AvgIpc) is 3.01. The van der Waals surface area contributed by atoms with Crippen LogP contribution in [0.25, 0.3) is 0 Å². The van der Waals surface area contributed by atoms with Crippen molar-refractivity contribution in [3.63, 3.8) is 0 Å². The van der Waals surface area contributed by atoms with E-state index >= 15 is 0 Å². The number of halogens is 1. The van der Waals surface area contributed by atoms with Crippen molar-refractivity contribution in [3.05, 3.63) is 47.2 Å². The highest BCUT2D eigenvalue weighted by Crippen LogP contribution is 2.34. The van der Waals surface area contributed by atoms with E-state index in [2.05, 4.69) is 21.2 Å². The number of rotatable bonds is 2. The lowest BCUT2D eigenvalue weighted by molar-refractivity contribution is 0.0944. The molecule has 0 unspecified atom stereocenters. The second-order valence-corrected chi connectivity index (χ2v) is 5.27. The fraction of sp³-hybridized carbons (Fsp3) is 0.0714. The van der Waals surface area contributed by atoms with Crippen molar-refractivity contribution in [3.8, 4) is 11.5 Å². The molecule has 0 fully saturated rings. The topological polar surface area (TPSA) is 84.5 Å². The van der Waals surface area contributed by atoms with E-state index in [9.17, 15) is 4.79 Å². The number of carbonyl (C=O) groups excluding carboxylic acids is 1. The van der Waals surface area contributed by atoms with Crippen LogP contribution in [0.4, 0.5) is 5.69 Å². The zero-order chi connectivity index (χ0) is 16.2. The molecule has 0 aliphatic carbocycles. The van der Waals surface area contributed by atoms with Gasteiger partial charge in [-0.3, -0.25) is 15.6 Å². The Balaban J connectivity index is 1.53. The Morgan fingerprint density at radius 2 is 2.00 bits per heavy atom. The van der Waals surface area contributed by atoms with Crippen LogP contribution in [0.15, 0.2) is 36.5 Å². The summed E-state index contributed by atoms with van der Waals surface area (Å²) in [4.78, 5) is 15.7. The Bertz CT molecular complexity index is 754. The number of thiocarbonyl (C=S) groups is 1. The highest BCUT2D eigenvalue weighted by atomic mass is 35.5. The van der Waals surface area contributed by atoms with Crippen LogP contribution in [0.3, 0.4) is 0 Å². The summed E-state index contributed by atoms with van der Waals surface area (Å²) in [5, 5.41) is 3.46. The fourth-order valence-electron chi connectivity index (χ4n) is 1.83. The van der Waals surface area contributed by atoms with Crippen LogP contribution in [0.5, 0.6) is 11.5 Å². The molecule has 1 amide bonds. The Morgan fingerprint density at radius 1 is 1.17 bits per heavy atom. The van der Waals surface area contributed by atoms with E-state index in [4.69, 9.17) is 33.3 Å². The van der Waals surface area contributed by atoms with Gasteiger partial charge in [-0.15, -0.1) is 0 Å². The van der Waals surface area contributed by atoms with E-state index in [0.29, 0.717) is 27.9 Å².